The molecule has 3 aromatic heterocycles. The number of hydrogen-bond donors (Lipinski definition) is 2. The lowest BCUT2D eigenvalue weighted by molar-refractivity contribution is 0.0322. The molecule has 4 aromatic rings. The van der Waals surface area contributed by atoms with Crippen LogP contribution in [0.25, 0.3) is 22.2 Å². The van der Waals surface area contributed by atoms with Gasteiger partial charge in [-0.2, -0.15) is 0 Å². The number of anilines is 3. The van der Waals surface area contributed by atoms with E-state index in [0.29, 0.717) is 35.1 Å². The molecule has 10 nitrogen and oxygen atoms in total. The first-order valence-corrected chi connectivity index (χ1v) is 13.3. The summed E-state index contributed by atoms with van der Waals surface area (Å²) in [5.74, 6) is 1.40. The lowest BCUT2D eigenvalue weighted by atomic mass is 10.1. The van der Waals surface area contributed by atoms with Crippen molar-refractivity contribution in [2.75, 3.05) is 75.9 Å². The maximum atomic E-state index is 15.3. The summed E-state index contributed by atoms with van der Waals surface area (Å²) in [7, 11) is 0. The third kappa shape index (κ3) is 6.06. The summed E-state index contributed by atoms with van der Waals surface area (Å²) in [6.07, 6.45) is 5.12. The third-order valence-corrected chi connectivity index (χ3v) is 6.92. The fourth-order valence-corrected chi connectivity index (χ4v) is 4.78. The first-order valence-electron chi connectivity index (χ1n) is 13.3. The van der Waals surface area contributed by atoms with Crippen LogP contribution in [-0.4, -0.2) is 90.5 Å². The zero-order valence-corrected chi connectivity index (χ0v) is 21.6. The Balaban J connectivity index is 1.17. The van der Waals surface area contributed by atoms with Crippen LogP contribution >= 0.6 is 0 Å². The number of aromatic nitrogens is 4. The van der Waals surface area contributed by atoms with E-state index in [1.54, 1.807) is 30.7 Å². The molecule has 5 heterocycles. The maximum absolute atomic E-state index is 15.3. The second kappa shape index (κ2) is 11.9. The Morgan fingerprint density at radius 2 is 1.85 bits per heavy atom. The van der Waals surface area contributed by atoms with Gasteiger partial charge in [0.05, 0.1) is 30.8 Å². The minimum absolute atomic E-state index is 0.354. The van der Waals surface area contributed by atoms with Gasteiger partial charge in [-0.05, 0) is 30.3 Å². The van der Waals surface area contributed by atoms with E-state index >= 15 is 4.39 Å². The number of nitrogens with zero attached hydrogens (tertiary/aromatic N) is 6. The van der Waals surface area contributed by atoms with Crippen LogP contribution in [0.15, 0.2) is 55.0 Å². The van der Waals surface area contributed by atoms with E-state index < -0.39 is 5.82 Å². The molecule has 0 amide bonds. The van der Waals surface area contributed by atoms with Gasteiger partial charge in [-0.3, -0.25) is 9.88 Å². The summed E-state index contributed by atoms with van der Waals surface area (Å²) in [5.41, 5.74) is 2.12. The molecule has 0 unspecified atom stereocenters. The molecule has 0 aliphatic carbocycles. The van der Waals surface area contributed by atoms with Gasteiger partial charge in [0, 0.05) is 75.2 Å². The molecular formula is C28H31FN8O2. The Labute approximate surface area is 226 Å². The van der Waals surface area contributed by atoms with E-state index in [-0.39, 0.29) is 0 Å². The summed E-state index contributed by atoms with van der Waals surface area (Å²) in [6.45, 7) is 8.29. The maximum Gasteiger partial charge on any atom is 0.227 e. The van der Waals surface area contributed by atoms with Gasteiger partial charge in [0.1, 0.15) is 29.5 Å². The largest absolute Gasteiger partial charge is 0.492 e. The second-order valence-corrected chi connectivity index (χ2v) is 9.50. The predicted octanol–water partition coefficient (Wildman–Crippen LogP) is 3.09. The van der Waals surface area contributed by atoms with Crippen molar-refractivity contribution in [1.29, 1.82) is 0 Å². The minimum atomic E-state index is -0.417. The highest BCUT2D eigenvalue weighted by molar-refractivity contribution is 5.91. The number of hydrogen-bond acceptors (Lipinski definition) is 10. The number of halogens is 1. The van der Waals surface area contributed by atoms with Crippen molar-refractivity contribution in [1.82, 2.24) is 30.2 Å². The lowest BCUT2D eigenvalue weighted by Gasteiger charge is -2.28. The van der Waals surface area contributed by atoms with Gasteiger partial charge in [-0.15, -0.1) is 0 Å². The first-order chi connectivity index (χ1) is 19.2. The normalized spacial score (nSPS) is 16.4. The smallest absolute Gasteiger partial charge is 0.227 e. The standard InChI is InChI=1S/C28H31FN8O2/c29-24-17-22(39-16-13-36-11-14-38-15-12-36)2-3-23(24)27-26-20(5-6-31-27)18-33-28(35-26)34-21-1-4-25(32-19-21)37-9-7-30-8-10-37/h1-6,17-19,30H,7-16H2,(H,33,34,35). The molecule has 2 aliphatic heterocycles. The Hall–Kier alpha value is -3.93. The van der Waals surface area contributed by atoms with Gasteiger partial charge in [-0.1, -0.05) is 0 Å². The minimum Gasteiger partial charge on any atom is -0.492 e. The number of pyridine rings is 2. The highest BCUT2D eigenvalue weighted by Gasteiger charge is 2.16. The van der Waals surface area contributed by atoms with Gasteiger partial charge in [-0.25, -0.2) is 19.3 Å². The van der Waals surface area contributed by atoms with Gasteiger partial charge in [0.2, 0.25) is 5.95 Å². The average Bonchev–Trinajstić information content (AvgIpc) is 2.98. The molecule has 6 rings (SSSR count). The quantitative estimate of drug-likeness (QED) is 0.354. The van der Waals surface area contributed by atoms with Crippen molar-refractivity contribution < 1.29 is 13.9 Å². The van der Waals surface area contributed by atoms with Crippen LogP contribution in [0.3, 0.4) is 0 Å². The van der Waals surface area contributed by atoms with E-state index in [1.165, 1.54) is 6.07 Å². The molecule has 0 saturated carbocycles. The molecule has 0 radical (unpaired) electrons. The van der Waals surface area contributed by atoms with Crippen molar-refractivity contribution in [2.24, 2.45) is 0 Å². The van der Waals surface area contributed by atoms with Crippen molar-refractivity contribution in [2.45, 2.75) is 0 Å². The highest BCUT2D eigenvalue weighted by Crippen LogP contribution is 2.30. The molecule has 2 fully saturated rings. The van der Waals surface area contributed by atoms with E-state index in [2.05, 4.69) is 40.4 Å². The average molecular weight is 531 g/mol. The summed E-state index contributed by atoms with van der Waals surface area (Å²) in [4.78, 5) is 22.7. The Morgan fingerprint density at radius 1 is 0.974 bits per heavy atom. The van der Waals surface area contributed by atoms with Crippen molar-refractivity contribution in [3.05, 3.63) is 60.8 Å². The number of morpholine rings is 1. The molecule has 11 heteroatoms. The Morgan fingerprint density at radius 3 is 2.64 bits per heavy atom. The summed E-state index contributed by atoms with van der Waals surface area (Å²) >= 11 is 0. The topological polar surface area (TPSA) is 101 Å². The van der Waals surface area contributed by atoms with Gasteiger partial charge < -0.3 is 25.0 Å². The molecule has 0 bridgehead atoms. The van der Waals surface area contributed by atoms with Crippen LogP contribution in [0.5, 0.6) is 5.75 Å². The number of benzene rings is 1. The number of rotatable bonds is 8. The van der Waals surface area contributed by atoms with Crippen LogP contribution < -0.4 is 20.3 Å². The summed E-state index contributed by atoms with van der Waals surface area (Å²) in [6, 6.07) is 10.6. The second-order valence-electron chi connectivity index (χ2n) is 9.50. The van der Waals surface area contributed by atoms with Crippen LogP contribution in [0.2, 0.25) is 0 Å². The molecule has 1 aromatic carbocycles. The number of fused-ring (bicyclic) bond motifs is 1. The highest BCUT2D eigenvalue weighted by atomic mass is 19.1. The van der Waals surface area contributed by atoms with Gasteiger partial charge >= 0.3 is 0 Å². The zero-order chi connectivity index (χ0) is 26.4. The van der Waals surface area contributed by atoms with Crippen molar-refractivity contribution in [3.8, 4) is 17.0 Å². The molecule has 2 aliphatic rings. The van der Waals surface area contributed by atoms with Crippen molar-refractivity contribution >= 4 is 28.4 Å². The van der Waals surface area contributed by atoms with Crippen LogP contribution in [0.1, 0.15) is 0 Å². The fourth-order valence-electron chi connectivity index (χ4n) is 4.78. The molecular weight excluding hydrogens is 499 g/mol. The van der Waals surface area contributed by atoms with Crippen LogP contribution in [-0.2, 0) is 4.74 Å². The van der Waals surface area contributed by atoms with Crippen LogP contribution in [0.4, 0.5) is 21.8 Å². The first kappa shape index (κ1) is 25.4. The molecule has 0 atom stereocenters. The van der Waals surface area contributed by atoms with E-state index in [4.69, 9.17) is 9.47 Å². The number of piperazine rings is 1. The Bertz CT molecular complexity index is 1410. The van der Waals surface area contributed by atoms with E-state index in [1.807, 2.05) is 18.2 Å². The Kier molecular flexibility index (Phi) is 7.70. The SMILES string of the molecule is Fc1cc(OCCN2CCOCC2)ccc1-c1nccc2cnc(Nc3ccc(N4CCNCC4)nc3)nc12. The zero-order valence-electron chi connectivity index (χ0n) is 21.6. The molecule has 39 heavy (non-hydrogen) atoms. The van der Waals surface area contributed by atoms with Crippen LogP contribution in [0, 0.1) is 5.82 Å². The fraction of sp³-hybridized carbons (Fsp3) is 0.357. The third-order valence-electron chi connectivity index (χ3n) is 6.92. The number of ether oxygens (including phenoxy) is 2. The van der Waals surface area contributed by atoms with E-state index in [9.17, 15) is 0 Å². The lowest BCUT2D eigenvalue weighted by Crippen LogP contribution is -2.43. The molecule has 0 spiro atoms. The molecule has 2 N–H and O–H groups in total. The predicted molar refractivity (Wildman–Crippen MR) is 148 cm³/mol. The monoisotopic (exact) mass is 530 g/mol. The molecule has 2 saturated heterocycles. The van der Waals surface area contributed by atoms with Gasteiger partial charge in [0.25, 0.3) is 0 Å². The summed E-state index contributed by atoms with van der Waals surface area (Å²) in [5, 5.41) is 7.32. The summed E-state index contributed by atoms with van der Waals surface area (Å²) < 4.78 is 26.4. The van der Waals surface area contributed by atoms with Crippen molar-refractivity contribution in [3.63, 3.8) is 0 Å². The van der Waals surface area contributed by atoms with E-state index in [0.717, 1.165) is 75.9 Å². The molecule has 202 valence electrons. The van der Waals surface area contributed by atoms with Gasteiger partial charge in [0.15, 0.2) is 0 Å². The number of nitrogens with one attached hydrogen (secondary N) is 2.